The van der Waals surface area contributed by atoms with Gasteiger partial charge in [-0.2, -0.15) is 8.78 Å². The average molecular weight is 345 g/mol. The lowest BCUT2D eigenvalue weighted by Crippen LogP contribution is -2.23. The van der Waals surface area contributed by atoms with Crippen molar-refractivity contribution in [3.63, 3.8) is 0 Å². The second kappa shape index (κ2) is 6.31. The highest BCUT2D eigenvalue weighted by molar-refractivity contribution is 9.08. The van der Waals surface area contributed by atoms with E-state index >= 15 is 0 Å². The first-order valence-electron chi connectivity index (χ1n) is 5.93. The molecule has 0 spiro atoms. The molecule has 0 unspecified atom stereocenters. The van der Waals surface area contributed by atoms with Gasteiger partial charge in [0.2, 0.25) is 0 Å². The van der Waals surface area contributed by atoms with Gasteiger partial charge in [-0.15, -0.1) is 0 Å². The van der Waals surface area contributed by atoms with Gasteiger partial charge in [-0.05, 0) is 18.2 Å². The third-order valence-electron chi connectivity index (χ3n) is 2.77. The van der Waals surface area contributed by atoms with Crippen LogP contribution in [0.4, 0.5) is 13.2 Å². The zero-order valence-corrected chi connectivity index (χ0v) is 12.0. The summed E-state index contributed by atoms with van der Waals surface area (Å²) in [6.07, 6.45) is 0. The largest absolute Gasteiger partial charge is 0.487 e. The van der Waals surface area contributed by atoms with Gasteiger partial charge < -0.3 is 4.74 Å². The van der Waals surface area contributed by atoms with Gasteiger partial charge in [-0.1, -0.05) is 46.3 Å². The fourth-order valence-electron chi connectivity index (χ4n) is 1.73. The fourth-order valence-corrected chi connectivity index (χ4v) is 2.17. The Balaban J connectivity index is 2.12. The van der Waals surface area contributed by atoms with Crippen molar-refractivity contribution in [2.75, 3.05) is 6.61 Å². The van der Waals surface area contributed by atoms with Crippen molar-refractivity contribution < 1.29 is 17.9 Å². The Morgan fingerprint density at radius 3 is 2.40 bits per heavy atom. The van der Waals surface area contributed by atoms with Crippen LogP contribution >= 0.6 is 15.9 Å². The Hall–Kier alpha value is -1.49. The second-order valence-corrected chi connectivity index (χ2v) is 4.81. The molecule has 20 heavy (non-hydrogen) atoms. The number of ether oxygens (including phenoxy) is 1. The quantitative estimate of drug-likeness (QED) is 0.701. The van der Waals surface area contributed by atoms with Gasteiger partial charge in [0, 0.05) is 16.5 Å². The van der Waals surface area contributed by atoms with Crippen molar-refractivity contribution in [3.05, 3.63) is 65.5 Å². The van der Waals surface area contributed by atoms with Crippen molar-refractivity contribution in [1.29, 1.82) is 0 Å². The maximum atomic E-state index is 13.9. The van der Waals surface area contributed by atoms with Crippen LogP contribution in [0.5, 0.6) is 5.75 Å². The molecule has 2 rings (SSSR count). The lowest BCUT2D eigenvalue weighted by molar-refractivity contribution is -0.0468. The first-order valence-corrected chi connectivity index (χ1v) is 7.05. The van der Waals surface area contributed by atoms with Crippen LogP contribution in [0.3, 0.4) is 0 Å². The van der Waals surface area contributed by atoms with Gasteiger partial charge in [0.1, 0.15) is 11.6 Å². The molecule has 0 aromatic heterocycles. The third-order valence-corrected chi connectivity index (χ3v) is 3.38. The summed E-state index contributed by atoms with van der Waals surface area (Å²) in [6.45, 7) is -0.789. The molecule has 0 aliphatic heterocycles. The monoisotopic (exact) mass is 344 g/mol. The highest BCUT2D eigenvalue weighted by Crippen LogP contribution is 2.30. The second-order valence-electron chi connectivity index (χ2n) is 4.24. The molecule has 0 atom stereocenters. The normalized spacial score (nSPS) is 11.4. The first kappa shape index (κ1) is 14.9. The molecule has 2 aromatic carbocycles. The zero-order valence-electron chi connectivity index (χ0n) is 10.5. The summed E-state index contributed by atoms with van der Waals surface area (Å²) in [5, 5.41) is 0.330. The van der Waals surface area contributed by atoms with Crippen molar-refractivity contribution in [3.8, 4) is 5.75 Å². The summed E-state index contributed by atoms with van der Waals surface area (Å²) >= 11 is 3.17. The molecule has 0 saturated heterocycles. The van der Waals surface area contributed by atoms with E-state index in [0.29, 0.717) is 10.9 Å². The van der Waals surface area contributed by atoms with Crippen molar-refractivity contribution in [2.24, 2.45) is 0 Å². The van der Waals surface area contributed by atoms with Crippen LogP contribution in [0.25, 0.3) is 0 Å². The van der Waals surface area contributed by atoms with E-state index in [2.05, 4.69) is 15.9 Å². The molecule has 2 aromatic rings. The Morgan fingerprint density at radius 1 is 1.05 bits per heavy atom. The minimum absolute atomic E-state index is 0.109. The number of benzene rings is 2. The minimum Gasteiger partial charge on any atom is -0.487 e. The minimum atomic E-state index is -3.10. The summed E-state index contributed by atoms with van der Waals surface area (Å²) in [5.41, 5.74) is 0.386. The number of hydrogen-bond acceptors (Lipinski definition) is 1. The van der Waals surface area contributed by atoms with Crippen LogP contribution in [0.2, 0.25) is 0 Å². The van der Waals surface area contributed by atoms with Crippen molar-refractivity contribution in [2.45, 2.75) is 11.3 Å². The molecule has 0 bridgehead atoms. The molecule has 1 nitrogen and oxygen atoms in total. The molecule has 0 N–H and O–H groups in total. The first-order chi connectivity index (χ1) is 9.53. The SMILES string of the molecule is Fc1ccc(OCC(F)(F)c2ccccc2)c(CBr)c1. The Labute approximate surface area is 123 Å². The van der Waals surface area contributed by atoms with Crippen LogP contribution < -0.4 is 4.74 Å². The predicted molar refractivity (Wildman–Crippen MR) is 74.9 cm³/mol. The highest BCUT2D eigenvalue weighted by Gasteiger charge is 2.32. The van der Waals surface area contributed by atoms with Gasteiger partial charge in [0.25, 0.3) is 0 Å². The number of alkyl halides is 3. The molecule has 5 heteroatoms. The Bertz CT molecular complexity index is 573. The molecule has 0 amide bonds. The summed E-state index contributed by atoms with van der Waals surface area (Å²) in [7, 11) is 0. The molecule has 0 aliphatic rings. The standard InChI is InChI=1S/C15H12BrF3O/c16-9-11-8-13(17)6-7-14(11)20-10-15(18,19)12-4-2-1-3-5-12/h1-8H,9-10H2. The molecule has 106 valence electrons. The molecular formula is C15H12BrF3O. The van der Waals surface area contributed by atoms with Gasteiger partial charge in [0.15, 0.2) is 6.61 Å². The van der Waals surface area contributed by atoms with E-state index < -0.39 is 18.3 Å². The van der Waals surface area contributed by atoms with E-state index in [4.69, 9.17) is 4.74 Å². The Kier molecular flexibility index (Phi) is 4.70. The molecule has 0 radical (unpaired) electrons. The van der Waals surface area contributed by atoms with Crippen LogP contribution in [0, 0.1) is 5.82 Å². The predicted octanol–water partition coefficient (Wildman–Crippen LogP) is 4.89. The molecule has 0 saturated carbocycles. The van der Waals surface area contributed by atoms with Crippen molar-refractivity contribution in [1.82, 2.24) is 0 Å². The molecular weight excluding hydrogens is 333 g/mol. The van der Waals surface area contributed by atoms with Gasteiger partial charge in [-0.25, -0.2) is 4.39 Å². The van der Waals surface area contributed by atoms with E-state index in [9.17, 15) is 13.2 Å². The van der Waals surface area contributed by atoms with Crippen LogP contribution in [0.1, 0.15) is 11.1 Å². The van der Waals surface area contributed by atoms with E-state index in [1.54, 1.807) is 18.2 Å². The molecule has 0 heterocycles. The number of hydrogen-bond donors (Lipinski definition) is 0. The van der Waals surface area contributed by atoms with E-state index in [1.807, 2.05) is 0 Å². The van der Waals surface area contributed by atoms with E-state index in [1.165, 1.54) is 30.3 Å². The fraction of sp³-hybridized carbons (Fsp3) is 0.200. The van der Waals surface area contributed by atoms with Gasteiger partial charge in [0.05, 0.1) is 0 Å². The summed E-state index contributed by atoms with van der Waals surface area (Å²) < 4.78 is 46.1. The molecule has 0 aliphatic carbocycles. The lowest BCUT2D eigenvalue weighted by Gasteiger charge is -2.18. The Morgan fingerprint density at radius 2 is 1.75 bits per heavy atom. The highest BCUT2D eigenvalue weighted by atomic mass is 79.9. The smallest absolute Gasteiger partial charge is 0.306 e. The maximum Gasteiger partial charge on any atom is 0.306 e. The van der Waals surface area contributed by atoms with Crippen LogP contribution in [-0.2, 0) is 11.3 Å². The molecule has 0 fully saturated rings. The average Bonchev–Trinajstić information content (AvgIpc) is 2.46. The topological polar surface area (TPSA) is 9.23 Å². The maximum absolute atomic E-state index is 13.9. The van der Waals surface area contributed by atoms with E-state index in [-0.39, 0.29) is 11.3 Å². The van der Waals surface area contributed by atoms with Crippen molar-refractivity contribution >= 4 is 15.9 Å². The summed E-state index contributed by atoms with van der Waals surface area (Å²) in [6, 6.07) is 11.2. The summed E-state index contributed by atoms with van der Waals surface area (Å²) in [5.74, 6) is -3.28. The number of halogens is 4. The summed E-state index contributed by atoms with van der Waals surface area (Å²) in [4.78, 5) is 0. The van der Waals surface area contributed by atoms with E-state index in [0.717, 1.165) is 0 Å². The van der Waals surface area contributed by atoms with Crippen LogP contribution in [0.15, 0.2) is 48.5 Å². The number of rotatable bonds is 5. The van der Waals surface area contributed by atoms with Gasteiger partial charge in [-0.3, -0.25) is 0 Å². The third kappa shape index (κ3) is 3.54. The van der Waals surface area contributed by atoms with Gasteiger partial charge >= 0.3 is 5.92 Å². The van der Waals surface area contributed by atoms with Crippen LogP contribution in [-0.4, -0.2) is 6.61 Å². The zero-order chi connectivity index (χ0) is 14.6. The lowest BCUT2D eigenvalue weighted by atomic mass is 10.1.